The van der Waals surface area contributed by atoms with Crippen LogP contribution in [0.15, 0.2) is 42.5 Å². The predicted molar refractivity (Wildman–Crippen MR) is 81.2 cm³/mol. The van der Waals surface area contributed by atoms with Crippen LogP contribution in [0.2, 0.25) is 0 Å². The zero-order valence-corrected chi connectivity index (χ0v) is 12.1. The van der Waals surface area contributed by atoms with Crippen LogP contribution in [0.3, 0.4) is 0 Å². The van der Waals surface area contributed by atoms with Gasteiger partial charge in [0.15, 0.2) is 6.61 Å². The molecule has 0 spiro atoms. The molecule has 2 aromatic carbocycles. The molecule has 0 bridgehead atoms. The Labute approximate surface area is 119 Å². The van der Waals surface area contributed by atoms with E-state index in [0.717, 1.165) is 28.1 Å². The van der Waals surface area contributed by atoms with Crippen molar-refractivity contribution in [3.8, 4) is 5.75 Å². The molecule has 3 nitrogen and oxygen atoms in total. The molecule has 1 N–H and O–H groups in total. The van der Waals surface area contributed by atoms with E-state index in [4.69, 9.17) is 4.74 Å². The first-order valence-corrected chi connectivity index (χ1v) is 6.61. The van der Waals surface area contributed by atoms with Crippen molar-refractivity contribution in [2.45, 2.75) is 20.8 Å². The van der Waals surface area contributed by atoms with Gasteiger partial charge in [0.05, 0.1) is 0 Å². The molecular formula is C17H19NO2. The fraction of sp³-hybridized carbons (Fsp3) is 0.235. The number of ether oxygens (including phenoxy) is 1. The second-order valence-electron chi connectivity index (χ2n) is 4.98. The number of carbonyl (C=O) groups is 1. The largest absolute Gasteiger partial charge is 0.483 e. The third-order valence-corrected chi connectivity index (χ3v) is 3.00. The lowest BCUT2D eigenvalue weighted by atomic mass is 10.1. The van der Waals surface area contributed by atoms with Crippen LogP contribution in [0.5, 0.6) is 5.75 Å². The molecule has 3 heteroatoms. The minimum Gasteiger partial charge on any atom is -0.483 e. The number of aryl methyl sites for hydroxylation is 3. The Morgan fingerprint density at radius 3 is 2.55 bits per heavy atom. The molecule has 0 unspecified atom stereocenters. The zero-order valence-electron chi connectivity index (χ0n) is 12.1. The second-order valence-corrected chi connectivity index (χ2v) is 4.98. The molecular weight excluding hydrogens is 250 g/mol. The summed E-state index contributed by atoms with van der Waals surface area (Å²) in [6.07, 6.45) is 0. The Bertz CT molecular complexity index is 620. The van der Waals surface area contributed by atoms with Crippen molar-refractivity contribution in [3.63, 3.8) is 0 Å². The van der Waals surface area contributed by atoms with E-state index in [1.54, 1.807) is 0 Å². The third kappa shape index (κ3) is 3.85. The van der Waals surface area contributed by atoms with Crippen LogP contribution < -0.4 is 10.1 Å². The molecule has 0 aliphatic rings. The first-order valence-electron chi connectivity index (χ1n) is 6.61. The average Bonchev–Trinajstić information content (AvgIpc) is 2.40. The van der Waals surface area contributed by atoms with Crippen LogP contribution in [0.25, 0.3) is 0 Å². The van der Waals surface area contributed by atoms with E-state index in [2.05, 4.69) is 5.32 Å². The summed E-state index contributed by atoms with van der Waals surface area (Å²) in [4.78, 5) is 11.9. The molecule has 2 rings (SSSR count). The molecule has 0 atom stereocenters. The molecule has 0 saturated carbocycles. The van der Waals surface area contributed by atoms with Gasteiger partial charge in [-0.1, -0.05) is 24.3 Å². The van der Waals surface area contributed by atoms with Gasteiger partial charge >= 0.3 is 0 Å². The van der Waals surface area contributed by atoms with Crippen molar-refractivity contribution < 1.29 is 9.53 Å². The highest BCUT2D eigenvalue weighted by Gasteiger charge is 2.06. The number of hydrogen-bond acceptors (Lipinski definition) is 2. The highest BCUT2D eigenvalue weighted by atomic mass is 16.5. The highest BCUT2D eigenvalue weighted by Crippen LogP contribution is 2.19. The lowest BCUT2D eigenvalue weighted by molar-refractivity contribution is -0.118. The van der Waals surface area contributed by atoms with Crippen LogP contribution in [0.4, 0.5) is 5.69 Å². The number of anilines is 1. The topological polar surface area (TPSA) is 38.3 Å². The number of nitrogens with one attached hydrogen (secondary N) is 1. The summed E-state index contributed by atoms with van der Waals surface area (Å²) in [6, 6.07) is 13.6. The highest BCUT2D eigenvalue weighted by molar-refractivity contribution is 5.91. The summed E-state index contributed by atoms with van der Waals surface area (Å²) in [5.74, 6) is 0.598. The number of benzene rings is 2. The van der Waals surface area contributed by atoms with Gasteiger partial charge in [-0.15, -0.1) is 0 Å². The van der Waals surface area contributed by atoms with E-state index in [9.17, 15) is 4.79 Å². The van der Waals surface area contributed by atoms with Crippen LogP contribution in [0, 0.1) is 20.8 Å². The minimum atomic E-state index is -0.156. The Morgan fingerprint density at radius 2 is 1.80 bits per heavy atom. The van der Waals surface area contributed by atoms with Gasteiger partial charge < -0.3 is 10.1 Å². The Kier molecular flexibility index (Phi) is 4.41. The molecule has 0 saturated heterocycles. The van der Waals surface area contributed by atoms with Gasteiger partial charge in [-0.05, 0) is 55.7 Å². The van der Waals surface area contributed by atoms with Crippen molar-refractivity contribution in [2.24, 2.45) is 0 Å². The molecule has 1 amide bonds. The van der Waals surface area contributed by atoms with Crippen LogP contribution in [0.1, 0.15) is 16.7 Å². The molecule has 0 fully saturated rings. The minimum absolute atomic E-state index is 0.0121. The SMILES string of the molecule is Cc1cccc(NC(=O)COc2cc(C)ccc2C)c1. The summed E-state index contributed by atoms with van der Waals surface area (Å²) in [7, 11) is 0. The van der Waals surface area contributed by atoms with Crippen LogP contribution in [-0.4, -0.2) is 12.5 Å². The number of carbonyl (C=O) groups excluding carboxylic acids is 1. The summed E-state index contributed by atoms with van der Waals surface area (Å²) < 4.78 is 5.57. The molecule has 20 heavy (non-hydrogen) atoms. The number of rotatable bonds is 4. The van der Waals surface area contributed by atoms with Crippen molar-refractivity contribution >= 4 is 11.6 Å². The standard InChI is InChI=1S/C17H19NO2/c1-12-5-4-6-15(9-12)18-17(19)11-20-16-10-13(2)7-8-14(16)3/h4-10H,11H2,1-3H3,(H,18,19). The van der Waals surface area contributed by atoms with Gasteiger partial charge in [-0.25, -0.2) is 0 Å². The molecule has 104 valence electrons. The molecule has 0 aromatic heterocycles. The fourth-order valence-corrected chi connectivity index (χ4v) is 1.93. The van der Waals surface area contributed by atoms with Crippen molar-refractivity contribution in [1.82, 2.24) is 0 Å². The molecule has 0 heterocycles. The molecule has 0 radical (unpaired) electrons. The van der Waals surface area contributed by atoms with Gasteiger partial charge in [0.25, 0.3) is 5.91 Å². The van der Waals surface area contributed by atoms with E-state index in [0.29, 0.717) is 0 Å². The van der Waals surface area contributed by atoms with Gasteiger partial charge in [0.1, 0.15) is 5.75 Å². The van der Waals surface area contributed by atoms with E-state index in [-0.39, 0.29) is 12.5 Å². The summed E-state index contributed by atoms with van der Waals surface area (Å²) in [6.45, 7) is 5.97. The Morgan fingerprint density at radius 1 is 1.05 bits per heavy atom. The summed E-state index contributed by atoms with van der Waals surface area (Å²) in [5, 5.41) is 2.82. The van der Waals surface area contributed by atoms with Gasteiger partial charge in [0.2, 0.25) is 0 Å². The molecule has 0 aliphatic carbocycles. The van der Waals surface area contributed by atoms with E-state index in [1.807, 2.05) is 63.2 Å². The van der Waals surface area contributed by atoms with Crippen molar-refractivity contribution in [3.05, 3.63) is 59.2 Å². The summed E-state index contributed by atoms with van der Waals surface area (Å²) >= 11 is 0. The maximum absolute atomic E-state index is 11.9. The van der Waals surface area contributed by atoms with Crippen LogP contribution >= 0.6 is 0 Å². The predicted octanol–water partition coefficient (Wildman–Crippen LogP) is 3.63. The third-order valence-electron chi connectivity index (χ3n) is 3.00. The first-order chi connectivity index (χ1) is 9.54. The van der Waals surface area contributed by atoms with Gasteiger partial charge in [-0.2, -0.15) is 0 Å². The van der Waals surface area contributed by atoms with E-state index < -0.39 is 0 Å². The number of amides is 1. The Balaban J connectivity index is 1.94. The zero-order chi connectivity index (χ0) is 14.5. The lowest BCUT2D eigenvalue weighted by Gasteiger charge is -2.10. The maximum Gasteiger partial charge on any atom is 0.262 e. The molecule has 2 aromatic rings. The smallest absolute Gasteiger partial charge is 0.262 e. The van der Waals surface area contributed by atoms with Crippen LogP contribution in [-0.2, 0) is 4.79 Å². The quantitative estimate of drug-likeness (QED) is 0.920. The Hall–Kier alpha value is -2.29. The first kappa shape index (κ1) is 14.1. The normalized spacial score (nSPS) is 10.2. The summed E-state index contributed by atoms with van der Waals surface area (Å²) in [5.41, 5.74) is 4.04. The van der Waals surface area contributed by atoms with Crippen molar-refractivity contribution in [2.75, 3.05) is 11.9 Å². The van der Waals surface area contributed by atoms with E-state index in [1.165, 1.54) is 0 Å². The maximum atomic E-state index is 11.9. The lowest BCUT2D eigenvalue weighted by Crippen LogP contribution is -2.20. The fourth-order valence-electron chi connectivity index (χ4n) is 1.93. The van der Waals surface area contributed by atoms with E-state index >= 15 is 0 Å². The molecule has 0 aliphatic heterocycles. The van der Waals surface area contributed by atoms with Crippen molar-refractivity contribution in [1.29, 1.82) is 0 Å². The van der Waals surface area contributed by atoms with Gasteiger partial charge in [0, 0.05) is 5.69 Å². The monoisotopic (exact) mass is 269 g/mol. The number of hydrogen-bond donors (Lipinski definition) is 1. The second kappa shape index (κ2) is 6.24. The van der Waals surface area contributed by atoms with Gasteiger partial charge in [-0.3, -0.25) is 4.79 Å². The average molecular weight is 269 g/mol.